The van der Waals surface area contributed by atoms with E-state index in [9.17, 15) is 5.11 Å². The first-order chi connectivity index (χ1) is 8.20. The van der Waals surface area contributed by atoms with Crippen molar-refractivity contribution in [3.05, 3.63) is 23.8 Å². The fourth-order valence-electron chi connectivity index (χ4n) is 2.21. The van der Waals surface area contributed by atoms with Crippen molar-refractivity contribution >= 4 is 0 Å². The predicted octanol–water partition coefficient (Wildman–Crippen LogP) is 0.847. The first-order valence-electron chi connectivity index (χ1n) is 5.97. The van der Waals surface area contributed by atoms with Gasteiger partial charge in [-0.2, -0.15) is 0 Å². The van der Waals surface area contributed by atoms with Crippen LogP contribution < -0.4 is 10.1 Å². The highest BCUT2D eigenvalue weighted by Crippen LogP contribution is 2.27. The molecular formula is C13H20N2O2. The summed E-state index contributed by atoms with van der Waals surface area (Å²) in [6, 6.07) is 6.08. The van der Waals surface area contributed by atoms with Gasteiger partial charge in [0.05, 0.1) is 7.11 Å². The second kappa shape index (κ2) is 5.38. The van der Waals surface area contributed by atoms with Crippen molar-refractivity contribution in [3.63, 3.8) is 0 Å². The molecule has 1 saturated heterocycles. The van der Waals surface area contributed by atoms with Crippen LogP contribution in [0.25, 0.3) is 0 Å². The number of likely N-dealkylation sites (N-methyl/N-ethyl adjacent to an activating group) is 1. The molecule has 94 valence electrons. The molecule has 1 unspecified atom stereocenters. The lowest BCUT2D eigenvalue weighted by Crippen LogP contribution is -2.50. The highest BCUT2D eigenvalue weighted by atomic mass is 16.5. The Morgan fingerprint density at radius 3 is 3.06 bits per heavy atom. The van der Waals surface area contributed by atoms with Gasteiger partial charge in [-0.25, -0.2) is 0 Å². The Bertz CT molecular complexity index is 382. The monoisotopic (exact) mass is 236 g/mol. The van der Waals surface area contributed by atoms with Crippen molar-refractivity contribution in [3.8, 4) is 11.5 Å². The molecule has 1 atom stereocenters. The number of phenolic OH excluding ortho intramolecular Hbond substituents is 1. The molecule has 2 rings (SSSR count). The van der Waals surface area contributed by atoms with E-state index < -0.39 is 0 Å². The van der Waals surface area contributed by atoms with Crippen molar-refractivity contribution in [1.29, 1.82) is 0 Å². The summed E-state index contributed by atoms with van der Waals surface area (Å²) in [5.41, 5.74) is 1.19. The van der Waals surface area contributed by atoms with Crippen LogP contribution in [0.3, 0.4) is 0 Å². The number of rotatable bonds is 3. The number of piperazine rings is 1. The van der Waals surface area contributed by atoms with Gasteiger partial charge in [0.1, 0.15) is 0 Å². The van der Waals surface area contributed by atoms with Gasteiger partial charge in [0.2, 0.25) is 0 Å². The van der Waals surface area contributed by atoms with Crippen molar-refractivity contribution in [2.75, 3.05) is 33.8 Å². The van der Waals surface area contributed by atoms with Crippen LogP contribution in [0.1, 0.15) is 5.56 Å². The Labute approximate surface area is 102 Å². The molecule has 0 spiro atoms. The molecule has 0 bridgehead atoms. The number of hydrogen-bond acceptors (Lipinski definition) is 4. The third-order valence-corrected chi connectivity index (χ3v) is 3.36. The maximum Gasteiger partial charge on any atom is 0.160 e. The summed E-state index contributed by atoms with van der Waals surface area (Å²) in [5, 5.41) is 12.9. The molecule has 1 heterocycles. The van der Waals surface area contributed by atoms with Crippen molar-refractivity contribution in [1.82, 2.24) is 10.2 Å². The van der Waals surface area contributed by atoms with Crippen LogP contribution in [0.4, 0.5) is 0 Å². The second-order valence-electron chi connectivity index (χ2n) is 4.55. The van der Waals surface area contributed by atoms with E-state index in [1.807, 2.05) is 12.1 Å². The van der Waals surface area contributed by atoms with E-state index in [0.29, 0.717) is 11.8 Å². The van der Waals surface area contributed by atoms with Crippen LogP contribution in [0.2, 0.25) is 0 Å². The maximum absolute atomic E-state index is 9.55. The largest absolute Gasteiger partial charge is 0.504 e. The van der Waals surface area contributed by atoms with Crippen LogP contribution >= 0.6 is 0 Å². The van der Waals surface area contributed by atoms with E-state index in [4.69, 9.17) is 4.74 Å². The number of nitrogens with zero attached hydrogens (tertiary/aromatic N) is 1. The minimum atomic E-state index is 0.200. The molecule has 4 heteroatoms. The Hall–Kier alpha value is -1.26. The first kappa shape index (κ1) is 12.2. The molecule has 0 aromatic heterocycles. The summed E-state index contributed by atoms with van der Waals surface area (Å²) in [6.45, 7) is 3.16. The van der Waals surface area contributed by atoms with Crippen molar-refractivity contribution in [2.24, 2.45) is 0 Å². The highest BCUT2D eigenvalue weighted by Gasteiger charge is 2.19. The predicted molar refractivity (Wildman–Crippen MR) is 67.7 cm³/mol. The van der Waals surface area contributed by atoms with Crippen LogP contribution in [-0.4, -0.2) is 49.8 Å². The van der Waals surface area contributed by atoms with Gasteiger partial charge in [-0.1, -0.05) is 6.07 Å². The van der Waals surface area contributed by atoms with Gasteiger partial charge in [0.25, 0.3) is 0 Å². The molecule has 1 fully saturated rings. The summed E-state index contributed by atoms with van der Waals surface area (Å²) < 4.78 is 5.12. The number of benzene rings is 1. The van der Waals surface area contributed by atoms with Gasteiger partial charge in [-0.15, -0.1) is 0 Å². The van der Waals surface area contributed by atoms with E-state index in [-0.39, 0.29) is 5.75 Å². The van der Waals surface area contributed by atoms with Gasteiger partial charge in [0.15, 0.2) is 11.5 Å². The fourth-order valence-corrected chi connectivity index (χ4v) is 2.21. The number of hydrogen-bond donors (Lipinski definition) is 2. The number of phenols is 1. The number of nitrogens with one attached hydrogen (secondary N) is 1. The molecule has 17 heavy (non-hydrogen) atoms. The lowest BCUT2D eigenvalue weighted by molar-refractivity contribution is 0.199. The van der Waals surface area contributed by atoms with Crippen molar-refractivity contribution < 1.29 is 9.84 Å². The minimum Gasteiger partial charge on any atom is -0.504 e. The molecular weight excluding hydrogens is 216 g/mol. The molecule has 0 amide bonds. The smallest absolute Gasteiger partial charge is 0.160 e. The van der Waals surface area contributed by atoms with Gasteiger partial charge in [-0.05, 0) is 31.2 Å². The fraction of sp³-hybridized carbons (Fsp3) is 0.538. The zero-order valence-corrected chi connectivity index (χ0v) is 10.4. The van der Waals surface area contributed by atoms with E-state index >= 15 is 0 Å². The lowest BCUT2D eigenvalue weighted by atomic mass is 10.0. The number of ether oxygens (including phenoxy) is 1. The zero-order chi connectivity index (χ0) is 12.3. The zero-order valence-electron chi connectivity index (χ0n) is 10.4. The third-order valence-electron chi connectivity index (χ3n) is 3.36. The van der Waals surface area contributed by atoms with E-state index in [1.54, 1.807) is 13.2 Å². The Morgan fingerprint density at radius 1 is 1.53 bits per heavy atom. The molecule has 0 radical (unpaired) electrons. The highest BCUT2D eigenvalue weighted by molar-refractivity contribution is 5.42. The molecule has 1 aromatic rings. The number of methoxy groups -OCH3 is 1. The average Bonchev–Trinajstić information content (AvgIpc) is 2.34. The van der Waals surface area contributed by atoms with Crippen LogP contribution in [0, 0.1) is 0 Å². The van der Waals surface area contributed by atoms with Gasteiger partial charge < -0.3 is 20.1 Å². The number of aromatic hydroxyl groups is 1. The molecule has 1 aromatic carbocycles. The molecule has 0 saturated carbocycles. The third kappa shape index (κ3) is 2.90. The van der Waals surface area contributed by atoms with Crippen LogP contribution in [0.15, 0.2) is 18.2 Å². The quantitative estimate of drug-likeness (QED) is 0.816. The minimum absolute atomic E-state index is 0.200. The van der Waals surface area contributed by atoms with Crippen LogP contribution in [-0.2, 0) is 6.42 Å². The SMILES string of the molecule is COc1cc(CC2CNCCN2C)ccc1O. The van der Waals surface area contributed by atoms with Crippen molar-refractivity contribution in [2.45, 2.75) is 12.5 Å². The van der Waals surface area contributed by atoms with Gasteiger partial charge in [-0.3, -0.25) is 0 Å². The maximum atomic E-state index is 9.55. The average molecular weight is 236 g/mol. The molecule has 4 nitrogen and oxygen atoms in total. The Morgan fingerprint density at radius 2 is 2.35 bits per heavy atom. The summed E-state index contributed by atoms with van der Waals surface area (Å²) in [7, 11) is 3.73. The first-order valence-corrected chi connectivity index (χ1v) is 5.97. The summed E-state index contributed by atoms with van der Waals surface area (Å²) in [4.78, 5) is 2.37. The second-order valence-corrected chi connectivity index (χ2v) is 4.55. The Kier molecular flexibility index (Phi) is 3.86. The normalized spacial score (nSPS) is 21.4. The lowest BCUT2D eigenvalue weighted by Gasteiger charge is -2.33. The molecule has 2 N–H and O–H groups in total. The summed E-state index contributed by atoms with van der Waals surface area (Å²) in [6.07, 6.45) is 0.972. The molecule has 1 aliphatic heterocycles. The van der Waals surface area contributed by atoms with Crippen LogP contribution in [0.5, 0.6) is 11.5 Å². The van der Waals surface area contributed by atoms with Gasteiger partial charge in [0, 0.05) is 25.7 Å². The standard InChI is InChI=1S/C13H20N2O2/c1-15-6-5-14-9-11(15)7-10-3-4-12(16)13(8-10)17-2/h3-4,8,11,14,16H,5-7,9H2,1-2H3. The van der Waals surface area contributed by atoms with Gasteiger partial charge >= 0.3 is 0 Å². The topological polar surface area (TPSA) is 44.7 Å². The Balaban J connectivity index is 2.07. The molecule has 0 aliphatic carbocycles. The van der Waals surface area contributed by atoms with E-state index in [1.165, 1.54) is 5.56 Å². The molecule has 1 aliphatic rings. The van der Waals surface area contributed by atoms with E-state index in [2.05, 4.69) is 17.3 Å². The summed E-state index contributed by atoms with van der Waals surface area (Å²) >= 11 is 0. The summed E-state index contributed by atoms with van der Waals surface area (Å²) in [5.74, 6) is 0.750. The van der Waals surface area contributed by atoms with E-state index in [0.717, 1.165) is 26.1 Å².